The van der Waals surface area contributed by atoms with Crippen molar-refractivity contribution >= 4 is 35.6 Å². The standard InChI is InChI=1S/C21H34FN5.HI/c1-3-23-21(24-16-18-8-7-11-25(4-2)17-18)27-14-12-26(13-15-27)20-10-6-5-9-19(20)22;/h5-6,9-10,18H,3-4,7-8,11-17H2,1-2H3,(H,23,24);1H. The monoisotopic (exact) mass is 503 g/mol. The van der Waals surface area contributed by atoms with Gasteiger partial charge in [0.05, 0.1) is 5.69 Å². The Morgan fingerprint density at radius 2 is 1.89 bits per heavy atom. The number of aliphatic imine (C=N–C) groups is 1. The molecule has 0 amide bonds. The number of hydrogen-bond acceptors (Lipinski definition) is 3. The zero-order chi connectivity index (χ0) is 19.1. The van der Waals surface area contributed by atoms with E-state index in [0.29, 0.717) is 11.6 Å². The minimum atomic E-state index is -0.135. The van der Waals surface area contributed by atoms with Gasteiger partial charge in [0, 0.05) is 45.8 Å². The number of anilines is 1. The van der Waals surface area contributed by atoms with E-state index < -0.39 is 0 Å². The lowest BCUT2D eigenvalue weighted by molar-refractivity contribution is 0.186. The summed E-state index contributed by atoms with van der Waals surface area (Å²) in [4.78, 5) is 11.9. The number of nitrogens with zero attached hydrogens (tertiary/aromatic N) is 4. The van der Waals surface area contributed by atoms with E-state index in [9.17, 15) is 4.39 Å². The van der Waals surface area contributed by atoms with Crippen molar-refractivity contribution in [3.05, 3.63) is 30.1 Å². The molecule has 28 heavy (non-hydrogen) atoms. The van der Waals surface area contributed by atoms with E-state index >= 15 is 0 Å². The average Bonchev–Trinajstić information content (AvgIpc) is 2.72. The molecule has 0 radical (unpaired) electrons. The molecular formula is C21H35FIN5. The van der Waals surface area contributed by atoms with Gasteiger partial charge in [0.2, 0.25) is 0 Å². The molecule has 0 aromatic heterocycles. The number of para-hydroxylation sites is 1. The molecule has 1 unspecified atom stereocenters. The lowest BCUT2D eigenvalue weighted by atomic mass is 9.98. The molecule has 3 rings (SSSR count). The third-order valence-electron chi connectivity index (χ3n) is 5.66. The van der Waals surface area contributed by atoms with Crippen LogP contribution in [-0.2, 0) is 0 Å². The van der Waals surface area contributed by atoms with E-state index in [4.69, 9.17) is 4.99 Å². The van der Waals surface area contributed by atoms with Gasteiger partial charge in [-0.25, -0.2) is 4.39 Å². The summed E-state index contributed by atoms with van der Waals surface area (Å²) in [5.41, 5.74) is 0.709. The molecule has 7 heteroatoms. The Labute approximate surface area is 186 Å². The highest BCUT2D eigenvalue weighted by Gasteiger charge is 2.23. The summed E-state index contributed by atoms with van der Waals surface area (Å²) in [6.45, 7) is 13.0. The van der Waals surface area contributed by atoms with E-state index in [2.05, 4.69) is 33.9 Å². The van der Waals surface area contributed by atoms with Gasteiger partial charge in [-0.2, -0.15) is 0 Å². The Morgan fingerprint density at radius 3 is 2.57 bits per heavy atom. The van der Waals surface area contributed by atoms with E-state index in [0.717, 1.165) is 51.8 Å². The Balaban J connectivity index is 0.00000280. The maximum atomic E-state index is 14.0. The van der Waals surface area contributed by atoms with Crippen molar-refractivity contribution in [1.29, 1.82) is 0 Å². The van der Waals surface area contributed by atoms with Gasteiger partial charge in [-0.15, -0.1) is 24.0 Å². The average molecular weight is 503 g/mol. The molecule has 0 spiro atoms. The zero-order valence-electron chi connectivity index (χ0n) is 17.2. The third-order valence-corrected chi connectivity index (χ3v) is 5.66. The number of hydrogen-bond donors (Lipinski definition) is 1. The van der Waals surface area contributed by atoms with Crippen LogP contribution in [0.25, 0.3) is 0 Å². The van der Waals surface area contributed by atoms with E-state index in [-0.39, 0.29) is 29.8 Å². The van der Waals surface area contributed by atoms with Crippen LogP contribution in [0.5, 0.6) is 0 Å². The predicted octanol–water partition coefficient (Wildman–Crippen LogP) is 3.26. The fourth-order valence-electron chi connectivity index (χ4n) is 4.10. The molecule has 1 aromatic rings. The molecule has 2 aliphatic rings. The summed E-state index contributed by atoms with van der Waals surface area (Å²) in [5, 5.41) is 3.45. The van der Waals surface area contributed by atoms with Crippen LogP contribution in [0.2, 0.25) is 0 Å². The van der Waals surface area contributed by atoms with Crippen LogP contribution in [0.4, 0.5) is 10.1 Å². The number of nitrogens with one attached hydrogen (secondary N) is 1. The van der Waals surface area contributed by atoms with Crippen molar-refractivity contribution in [1.82, 2.24) is 15.1 Å². The van der Waals surface area contributed by atoms with Gasteiger partial charge < -0.3 is 20.0 Å². The number of likely N-dealkylation sites (tertiary alicyclic amines) is 1. The first-order valence-electron chi connectivity index (χ1n) is 10.5. The van der Waals surface area contributed by atoms with E-state index in [1.165, 1.54) is 32.0 Å². The summed E-state index contributed by atoms with van der Waals surface area (Å²) < 4.78 is 14.0. The molecule has 1 atom stereocenters. The lowest BCUT2D eigenvalue weighted by Crippen LogP contribution is -2.53. The molecule has 2 aliphatic heterocycles. The number of benzene rings is 1. The summed E-state index contributed by atoms with van der Waals surface area (Å²) >= 11 is 0. The summed E-state index contributed by atoms with van der Waals surface area (Å²) in [7, 11) is 0. The van der Waals surface area contributed by atoms with Crippen molar-refractivity contribution in [2.45, 2.75) is 26.7 Å². The van der Waals surface area contributed by atoms with Crippen LogP contribution in [-0.4, -0.2) is 74.7 Å². The van der Waals surface area contributed by atoms with Crippen LogP contribution in [0, 0.1) is 11.7 Å². The Bertz CT molecular complexity index is 619. The minimum absolute atomic E-state index is 0. The normalized spacial score (nSPS) is 21.4. The maximum absolute atomic E-state index is 14.0. The van der Waals surface area contributed by atoms with Crippen molar-refractivity contribution in [3.8, 4) is 0 Å². The highest BCUT2D eigenvalue weighted by Crippen LogP contribution is 2.20. The zero-order valence-corrected chi connectivity index (χ0v) is 19.6. The topological polar surface area (TPSA) is 34.1 Å². The summed E-state index contributed by atoms with van der Waals surface area (Å²) in [6.07, 6.45) is 2.56. The minimum Gasteiger partial charge on any atom is -0.366 e. The first-order valence-corrected chi connectivity index (χ1v) is 10.5. The first kappa shape index (κ1) is 23.2. The Hall–Kier alpha value is -1.09. The second kappa shape index (κ2) is 11.8. The number of piperazine rings is 1. The largest absolute Gasteiger partial charge is 0.366 e. The van der Waals surface area contributed by atoms with Crippen molar-refractivity contribution in [2.24, 2.45) is 10.9 Å². The molecule has 2 heterocycles. The van der Waals surface area contributed by atoms with Crippen LogP contribution >= 0.6 is 24.0 Å². The molecule has 0 saturated carbocycles. The fourth-order valence-corrected chi connectivity index (χ4v) is 4.10. The second-order valence-electron chi connectivity index (χ2n) is 7.52. The molecule has 158 valence electrons. The number of guanidine groups is 1. The molecular weight excluding hydrogens is 468 g/mol. The fraction of sp³-hybridized carbons (Fsp3) is 0.667. The molecule has 2 fully saturated rings. The highest BCUT2D eigenvalue weighted by molar-refractivity contribution is 14.0. The number of halogens is 2. The van der Waals surface area contributed by atoms with Gasteiger partial charge in [0.15, 0.2) is 5.96 Å². The predicted molar refractivity (Wildman–Crippen MR) is 126 cm³/mol. The van der Waals surface area contributed by atoms with Gasteiger partial charge in [-0.3, -0.25) is 4.99 Å². The molecule has 1 N–H and O–H groups in total. The van der Waals surface area contributed by atoms with Crippen LogP contribution in [0.1, 0.15) is 26.7 Å². The van der Waals surface area contributed by atoms with Crippen LogP contribution < -0.4 is 10.2 Å². The van der Waals surface area contributed by atoms with Crippen molar-refractivity contribution in [3.63, 3.8) is 0 Å². The molecule has 2 saturated heterocycles. The number of rotatable bonds is 5. The van der Waals surface area contributed by atoms with Gasteiger partial charge in [-0.1, -0.05) is 19.1 Å². The molecule has 0 aliphatic carbocycles. The molecule has 0 bridgehead atoms. The second-order valence-corrected chi connectivity index (χ2v) is 7.52. The maximum Gasteiger partial charge on any atom is 0.194 e. The molecule has 5 nitrogen and oxygen atoms in total. The van der Waals surface area contributed by atoms with Gasteiger partial charge in [-0.05, 0) is 50.9 Å². The third kappa shape index (κ3) is 6.20. The van der Waals surface area contributed by atoms with Gasteiger partial charge >= 0.3 is 0 Å². The van der Waals surface area contributed by atoms with Gasteiger partial charge in [0.25, 0.3) is 0 Å². The molecule has 1 aromatic carbocycles. The van der Waals surface area contributed by atoms with E-state index in [1.54, 1.807) is 6.07 Å². The van der Waals surface area contributed by atoms with Crippen molar-refractivity contribution < 1.29 is 4.39 Å². The Morgan fingerprint density at radius 1 is 1.14 bits per heavy atom. The van der Waals surface area contributed by atoms with Crippen LogP contribution in [0.3, 0.4) is 0 Å². The van der Waals surface area contributed by atoms with E-state index in [1.807, 2.05) is 12.1 Å². The smallest absolute Gasteiger partial charge is 0.194 e. The number of piperidine rings is 1. The summed E-state index contributed by atoms with van der Waals surface area (Å²) in [5.74, 6) is 1.54. The van der Waals surface area contributed by atoms with Crippen molar-refractivity contribution in [2.75, 3.05) is 63.8 Å². The highest BCUT2D eigenvalue weighted by atomic mass is 127. The lowest BCUT2D eigenvalue weighted by Gasteiger charge is -2.38. The SMILES string of the molecule is CCNC(=NCC1CCCN(CC)C1)N1CCN(c2ccccc2F)CC1.I. The van der Waals surface area contributed by atoms with Crippen LogP contribution in [0.15, 0.2) is 29.3 Å². The van der Waals surface area contributed by atoms with Gasteiger partial charge in [0.1, 0.15) is 5.82 Å². The summed E-state index contributed by atoms with van der Waals surface area (Å²) in [6, 6.07) is 7.06. The quantitative estimate of drug-likeness (QED) is 0.380. The first-order chi connectivity index (χ1) is 13.2. The Kier molecular flexibility index (Phi) is 9.77.